The quantitative estimate of drug-likeness (QED) is 0.702. The highest BCUT2D eigenvalue weighted by atomic mass is 32.1. The number of thiocarbonyl (C=S) groups is 1. The SMILES string of the molecule is CN(C)c1ccc(N2C(=S)N[C@H](c3ccccn3)[C@H]2c2cccn2C)cc1. The second-order valence-electron chi connectivity index (χ2n) is 6.95. The van der Waals surface area contributed by atoms with E-state index in [4.69, 9.17) is 12.2 Å². The van der Waals surface area contributed by atoms with Gasteiger partial charge in [-0.1, -0.05) is 6.07 Å². The van der Waals surface area contributed by atoms with Crippen molar-refractivity contribution in [2.24, 2.45) is 7.05 Å². The van der Waals surface area contributed by atoms with E-state index in [2.05, 4.69) is 80.4 Å². The van der Waals surface area contributed by atoms with Gasteiger partial charge in [0.05, 0.1) is 11.7 Å². The van der Waals surface area contributed by atoms with Crippen LogP contribution >= 0.6 is 12.2 Å². The molecule has 3 aromatic rings. The highest BCUT2D eigenvalue weighted by Crippen LogP contribution is 2.41. The van der Waals surface area contributed by atoms with Crippen LogP contribution in [0.4, 0.5) is 11.4 Å². The molecule has 27 heavy (non-hydrogen) atoms. The summed E-state index contributed by atoms with van der Waals surface area (Å²) in [6.07, 6.45) is 3.90. The molecule has 138 valence electrons. The van der Waals surface area contributed by atoms with E-state index in [0.717, 1.165) is 22.2 Å². The normalized spacial score (nSPS) is 19.2. The smallest absolute Gasteiger partial charge is 0.174 e. The summed E-state index contributed by atoms with van der Waals surface area (Å²) in [6, 6.07) is 18.7. The van der Waals surface area contributed by atoms with Crippen molar-refractivity contribution in [2.45, 2.75) is 12.1 Å². The van der Waals surface area contributed by atoms with Gasteiger partial charge in [-0.05, 0) is 60.7 Å². The van der Waals surface area contributed by atoms with E-state index < -0.39 is 0 Å². The first kappa shape index (κ1) is 17.5. The van der Waals surface area contributed by atoms with Gasteiger partial charge >= 0.3 is 0 Å². The van der Waals surface area contributed by atoms with Crippen LogP contribution in [0.2, 0.25) is 0 Å². The number of nitrogens with one attached hydrogen (secondary N) is 1. The molecular weight excluding hydrogens is 354 g/mol. The number of hydrogen-bond acceptors (Lipinski definition) is 3. The Morgan fingerprint density at radius 2 is 1.81 bits per heavy atom. The molecule has 1 N–H and O–H groups in total. The first-order valence-electron chi connectivity index (χ1n) is 8.95. The number of rotatable bonds is 4. The molecule has 0 aliphatic carbocycles. The fourth-order valence-corrected chi connectivity index (χ4v) is 3.97. The largest absolute Gasteiger partial charge is 0.378 e. The fraction of sp³-hybridized carbons (Fsp3) is 0.238. The lowest BCUT2D eigenvalue weighted by Gasteiger charge is -2.28. The number of anilines is 2. The van der Waals surface area contributed by atoms with Crippen molar-refractivity contribution in [1.29, 1.82) is 0 Å². The van der Waals surface area contributed by atoms with Crippen LogP contribution in [-0.2, 0) is 7.05 Å². The minimum Gasteiger partial charge on any atom is -0.378 e. The first-order valence-corrected chi connectivity index (χ1v) is 9.36. The summed E-state index contributed by atoms with van der Waals surface area (Å²) >= 11 is 5.75. The molecular formula is C21H23N5S. The van der Waals surface area contributed by atoms with Gasteiger partial charge in [0, 0.05) is 50.6 Å². The van der Waals surface area contributed by atoms with Gasteiger partial charge in [-0.2, -0.15) is 0 Å². The zero-order chi connectivity index (χ0) is 19.0. The van der Waals surface area contributed by atoms with Crippen LogP contribution in [0.25, 0.3) is 0 Å². The Bertz CT molecular complexity index is 933. The Morgan fingerprint density at radius 1 is 1.04 bits per heavy atom. The van der Waals surface area contributed by atoms with Gasteiger partial charge in [-0.25, -0.2) is 0 Å². The molecule has 1 fully saturated rings. The van der Waals surface area contributed by atoms with Crippen molar-refractivity contribution in [2.75, 3.05) is 23.9 Å². The summed E-state index contributed by atoms with van der Waals surface area (Å²) in [5, 5.41) is 4.21. The molecule has 0 bridgehead atoms. The second kappa shape index (κ2) is 7.04. The van der Waals surface area contributed by atoms with E-state index in [1.807, 2.05) is 32.4 Å². The zero-order valence-corrected chi connectivity index (χ0v) is 16.5. The minimum absolute atomic E-state index is 0.0131. The van der Waals surface area contributed by atoms with Gasteiger partial charge in [0.2, 0.25) is 0 Å². The predicted octanol–water partition coefficient (Wildman–Crippen LogP) is 3.66. The Balaban J connectivity index is 1.79. The molecule has 0 saturated carbocycles. The minimum atomic E-state index is -0.0131. The Hall–Kier alpha value is -2.86. The van der Waals surface area contributed by atoms with Gasteiger partial charge in [-0.15, -0.1) is 0 Å². The zero-order valence-electron chi connectivity index (χ0n) is 15.7. The predicted molar refractivity (Wildman–Crippen MR) is 114 cm³/mol. The maximum absolute atomic E-state index is 5.75. The molecule has 6 heteroatoms. The lowest BCUT2D eigenvalue weighted by atomic mass is 10.0. The number of benzene rings is 1. The first-order chi connectivity index (χ1) is 13.1. The van der Waals surface area contributed by atoms with Crippen molar-refractivity contribution in [3.8, 4) is 0 Å². The van der Waals surface area contributed by atoms with Gasteiger partial charge < -0.3 is 19.7 Å². The highest BCUT2D eigenvalue weighted by Gasteiger charge is 2.41. The summed E-state index contributed by atoms with van der Waals surface area (Å²) in [6.45, 7) is 0. The summed E-state index contributed by atoms with van der Waals surface area (Å²) in [7, 11) is 6.15. The van der Waals surface area contributed by atoms with E-state index in [9.17, 15) is 0 Å². The van der Waals surface area contributed by atoms with Crippen LogP contribution in [0.5, 0.6) is 0 Å². The summed E-state index contributed by atoms with van der Waals surface area (Å²) in [5.41, 5.74) is 4.41. The molecule has 0 amide bonds. The van der Waals surface area contributed by atoms with Gasteiger partial charge in [0.1, 0.15) is 6.04 Å². The molecule has 3 heterocycles. The monoisotopic (exact) mass is 377 g/mol. The Labute approximate surface area is 165 Å². The summed E-state index contributed by atoms with van der Waals surface area (Å²) in [4.78, 5) is 8.88. The summed E-state index contributed by atoms with van der Waals surface area (Å²) < 4.78 is 2.15. The third-order valence-corrected chi connectivity index (χ3v) is 5.34. The number of aromatic nitrogens is 2. The average molecular weight is 378 g/mol. The molecule has 1 aliphatic heterocycles. The van der Waals surface area contributed by atoms with Crippen LogP contribution in [0.1, 0.15) is 23.5 Å². The molecule has 4 rings (SSSR count). The lowest BCUT2D eigenvalue weighted by molar-refractivity contribution is 0.541. The number of pyridine rings is 1. The van der Waals surface area contributed by atoms with E-state index in [0.29, 0.717) is 0 Å². The van der Waals surface area contributed by atoms with E-state index in [1.165, 1.54) is 5.69 Å². The van der Waals surface area contributed by atoms with Crippen molar-refractivity contribution in [1.82, 2.24) is 14.9 Å². The highest BCUT2D eigenvalue weighted by molar-refractivity contribution is 7.80. The van der Waals surface area contributed by atoms with E-state index in [-0.39, 0.29) is 12.1 Å². The number of aryl methyl sites for hydroxylation is 1. The molecule has 1 saturated heterocycles. The van der Waals surface area contributed by atoms with Crippen molar-refractivity contribution < 1.29 is 0 Å². The molecule has 0 radical (unpaired) electrons. The third-order valence-electron chi connectivity index (χ3n) is 5.03. The maximum atomic E-state index is 5.75. The van der Waals surface area contributed by atoms with Crippen molar-refractivity contribution in [3.63, 3.8) is 0 Å². The molecule has 1 aliphatic rings. The second-order valence-corrected chi connectivity index (χ2v) is 7.34. The Morgan fingerprint density at radius 3 is 2.41 bits per heavy atom. The number of hydrogen-bond donors (Lipinski definition) is 1. The van der Waals surface area contributed by atoms with Gasteiger partial charge in [0.25, 0.3) is 0 Å². The van der Waals surface area contributed by atoms with Crippen LogP contribution in [0.15, 0.2) is 67.0 Å². The van der Waals surface area contributed by atoms with Crippen LogP contribution in [-0.4, -0.2) is 28.8 Å². The lowest BCUT2D eigenvalue weighted by Crippen LogP contribution is -2.30. The molecule has 0 spiro atoms. The standard InChI is InChI=1S/C21H23N5S/c1-24(2)15-9-11-16(12-10-15)26-20(18-8-6-14-25(18)3)19(23-21(26)27)17-7-4-5-13-22-17/h4-14,19-20H,1-3H3,(H,23,27)/t19-,20-/m1/s1. The van der Waals surface area contributed by atoms with Crippen LogP contribution < -0.4 is 15.1 Å². The Kier molecular flexibility index (Phi) is 4.58. The maximum Gasteiger partial charge on any atom is 0.174 e. The summed E-state index contributed by atoms with van der Waals surface area (Å²) in [5.74, 6) is 0. The van der Waals surface area contributed by atoms with Crippen LogP contribution in [0, 0.1) is 0 Å². The van der Waals surface area contributed by atoms with Crippen LogP contribution in [0.3, 0.4) is 0 Å². The fourth-order valence-electron chi connectivity index (χ4n) is 3.63. The molecule has 2 atom stereocenters. The van der Waals surface area contributed by atoms with E-state index in [1.54, 1.807) is 0 Å². The molecule has 2 aromatic heterocycles. The average Bonchev–Trinajstić information content (AvgIpc) is 3.25. The van der Waals surface area contributed by atoms with Gasteiger partial charge in [-0.3, -0.25) is 4.98 Å². The van der Waals surface area contributed by atoms with Crippen molar-refractivity contribution >= 4 is 28.7 Å². The molecule has 1 aromatic carbocycles. The topological polar surface area (TPSA) is 36.3 Å². The third kappa shape index (κ3) is 3.17. The van der Waals surface area contributed by atoms with E-state index >= 15 is 0 Å². The van der Waals surface area contributed by atoms with Gasteiger partial charge in [0.15, 0.2) is 5.11 Å². The molecule has 5 nitrogen and oxygen atoms in total. The van der Waals surface area contributed by atoms with Crippen molar-refractivity contribution in [3.05, 3.63) is 78.4 Å². The number of nitrogens with zero attached hydrogens (tertiary/aromatic N) is 4. The molecule has 0 unspecified atom stereocenters.